The summed E-state index contributed by atoms with van der Waals surface area (Å²) in [7, 11) is 0. The van der Waals surface area contributed by atoms with Crippen molar-refractivity contribution in [3.63, 3.8) is 0 Å². The van der Waals surface area contributed by atoms with E-state index in [0.717, 1.165) is 5.56 Å². The first-order valence-corrected chi connectivity index (χ1v) is 8.15. The predicted octanol–water partition coefficient (Wildman–Crippen LogP) is 3.79. The molecule has 0 aliphatic rings. The van der Waals surface area contributed by atoms with Crippen LogP contribution in [0, 0.1) is 10.1 Å². The summed E-state index contributed by atoms with van der Waals surface area (Å²) in [6.07, 6.45) is 0. The molecule has 0 aliphatic heterocycles. The summed E-state index contributed by atoms with van der Waals surface area (Å²) in [5.74, 6) is 0. The van der Waals surface area contributed by atoms with Crippen LogP contribution in [0.25, 0.3) is 0 Å². The number of nitro benzene ring substituents is 1. The number of nitrogens with zero attached hydrogens (tertiary/aromatic N) is 1. The molecule has 2 N–H and O–H groups in total. The largest absolute Gasteiger partial charge is 0.379 e. The number of carbonyl (C=O) groups is 1. The molecule has 2 rings (SSSR count). The van der Waals surface area contributed by atoms with Crippen LogP contribution in [0.5, 0.6) is 0 Å². The van der Waals surface area contributed by atoms with Crippen molar-refractivity contribution in [3.05, 3.63) is 64.2 Å². The van der Waals surface area contributed by atoms with Gasteiger partial charge in [0.15, 0.2) is 0 Å². The highest BCUT2D eigenvalue weighted by atomic mass is 16.6. The van der Waals surface area contributed by atoms with E-state index in [-0.39, 0.29) is 5.69 Å². The van der Waals surface area contributed by atoms with Crippen LogP contribution >= 0.6 is 0 Å². The predicted molar refractivity (Wildman–Crippen MR) is 98.3 cm³/mol. The second-order valence-corrected chi connectivity index (χ2v) is 5.33. The molecule has 2 aromatic rings. The highest BCUT2D eigenvalue weighted by molar-refractivity contribution is 5.99. The van der Waals surface area contributed by atoms with Crippen LogP contribution in [0.4, 0.5) is 21.9 Å². The Morgan fingerprint density at radius 1 is 1.04 bits per heavy atom. The van der Waals surface area contributed by atoms with Crippen molar-refractivity contribution in [2.24, 2.45) is 0 Å². The van der Waals surface area contributed by atoms with Crippen molar-refractivity contribution in [2.75, 3.05) is 30.5 Å². The number of nitro groups is 1. The quantitative estimate of drug-likeness (QED) is 0.403. The topological polar surface area (TPSA) is 103 Å². The Kier molecular flexibility index (Phi) is 7.53. The van der Waals surface area contributed by atoms with E-state index in [0.29, 0.717) is 37.8 Å². The molecule has 0 atom stereocenters. The number of urea groups is 1. The molecule has 138 valence electrons. The summed E-state index contributed by atoms with van der Waals surface area (Å²) in [5, 5.41) is 16.0. The van der Waals surface area contributed by atoms with E-state index in [2.05, 4.69) is 10.6 Å². The summed E-state index contributed by atoms with van der Waals surface area (Å²) in [5.41, 5.74) is 1.97. The van der Waals surface area contributed by atoms with Crippen LogP contribution in [0.15, 0.2) is 48.5 Å². The van der Waals surface area contributed by atoms with Crippen LogP contribution < -0.4 is 10.6 Å². The summed E-state index contributed by atoms with van der Waals surface area (Å²) < 4.78 is 10.7. The normalized spacial score (nSPS) is 10.3. The van der Waals surface area contributed by atoms with E-state index in [1.807, 2.05) is 25.1 Å². The molecule has 0 heterocycles. The van der Waals surface area contributed by atoms with Gasteiger partial charge in [0.05, 0.1) is 24.7 Å². The third-order valence-corrected chi connectivity index (χ3v) is 3.37. The Hall–Kier alpha value is -2.97. The highest BCUT2D eigenvalue weighted by Crippen LogP contribution is 2.16. The van der Waals surface area contributed by atoms with E-state index >= 15 is 0 Å². The first kappa shape index (κ1) is 19.4. The number of rotatable bonds is 9. The second kappa shape index (κ2) is 10.1. The lowest BCUT2D eigenvalue weighted by Crippen LogP contribution is -2.19. The lowest BCUT2D eigenvalue weighted by Gasteiger charge is -2.09. The Morgan fingerprint density at radius 2 is 1.73 bits per heavy atom. The van der Waals surface area contributed by atoms with Gasteiger partial charge in [0.2, 0.25) is 0 Å². The molecule has 0 aromatic heterocycles. The standard InChI is InChI=1S/C18H21N3O5/c1-2-25-10-11-26-13-14-4-3-5-16(12-14)20-18(22)19-15-6-8-17(9-7-15)21(23)24/h3-9,12H,2,10-11,13H2,1H3,(H2,19,20,22). The maximum atomic E-state index is 12.0. The third-order valence-electron chi connectivity index (χ3n) is 3.37. The van der Waals surface area contributed by atoms with Gasteiger partial charge in [-0.05, 0) is 36.8 Å². The number of nitrogens with one attached hydrogen (secondary N) is 2. The minimum Gasteiger partial charge on any atom is -0.379 e. The number of carbonyl (C=O) groups excluding carboxylic acids is 1. The van der Waals surface area contributed by atoms with Gasteiger partial charge in [0, 0.05) is 30.1 Å². The molecule has 0 spiro atoms. The zero-order valence-electron chi connectivity index (χ0n) is 14.4. The monoisotopic (exact) mass is 359 g/mol. The fourth-order valence-corrected chi connectivity index (χ4v) is 2.15. The van der Waals surface area contributed by atoms with Gasteiger partial charge in [-0.2, -0.15) is 0 Å². The molecule has 0 fully saturated rings. The number of hydrogen-bond acceptors (Lipinski definition) is 5. The summed E-state index contributed by atoms with van der Waals surface area (Å²) in [6, 6.07) is 12.5. The molecule has 2 amide bonds. The van der Waals surface area contributed by atoms with Crippen LogP contribution in [0.2, 0.25) is 0 Å². The van der Waals surface area contributed by atoms with Gasteiger partial charge >= 0.3 is 6.03 Å². The fourth-order valence-electron chi connectivity index (χ4n) is 2.15. The van der Waals surface area contributed by atoms with Gasteiger partial charge < -0.3 is 20.1 Å². The van der Waals surface area contributed by atoms with Crippen molar-refractivity contribution in [1.29, 1.82) is 0 Å². The fraction of sp³-hybridized carbons (Fsp3) is 0.278. The van der Waals surface area contributed by atoms with Crippen molar-refractivity contribution in [1.82, 2.24) is 0 Å². The van der Waals surface area contributed by atoms with Crippen LogP contribution in [0.3, 0.4) is 0 Å². The number of non-ortho nitro benzene ring substituents is 1. The average molecular weight is 359 g/mol. The molecule has 8 heteroatoms. The van der Waals surface area contributed by atoms with E-state index in [1.165, 1.54) is 24.3 Å². The van der Waals surface area contributed by atoms with E-state index in [9.17, 15) is 14.9 Å². The average Bonchev–Trinajstić information content (AvgIpc) is 2.62. The van der Waals surface area contributed by atoms with E-state index < -0.39 is 11.0 Å². The SMILES string of the molecule is CCOCCOCc1cccc(NC(=O)Nc2ccc([N+](=O)[O-])cc2)c1. The van der Waals surface area contributed by atoms with Gasteiger partial charge in [-0.3, -0.25) is 10.1 Å². The molecule has 0 radical (unpaired) electrons. The Labute approximate surface area is 151 Å². The molecule has 0 saturated heterocycles. The van der Waals surface area contributed by atoms with Crippen LogP contribution in [-0.4, -0.2) is 30.8 Å². The number of hydrogen-bond donors (Lipinski definition) is 2. The lowest BCUT2D eigenvalue weighted by atomic mass is 10.2. The highest BCUT2D eigenvalue weighted by Gasteiger charge is 2.07. The summed E-state index contributed by atoms with van der Waals surface area (Å²) in [4.78, 5) is 22.2. The van der Waals surface area contributed by atoms with Crippen LogP contribution in [0.1, 0.15) is 12.5 Å². The second-order valence-electron chi connectivity index (χ2n) is 5.33. The molecule has 26 heavy (non-hydrogen) atoms. The lowest BCUT2D eigenvalue weighted by molar-refractivity contribution is -0.384. The summed E-state index contributed by atoms with van der Waals surface area (Å²) in [6.45, 7) is 4.06. The van der Waals surface area contributed by atoms with E-state index in [4.69, 9.17) is 9.47 Å². The minimum atomic E-state index is -0.494. The first-order chi connectivity index (χ1) is 12.6. The molecular weight excluding hydrogens is 338 g/mol. The van der Waals surface area contributed by atoms with Crippen molar-refractivity contribution in [3.8, 4) is 0 Å². The maximum Gasteiger partial charge on any atom is 0.323 e. The van der Waals surface area contributed by atoms with Gasteiger partial charge in [-0.15, -0.1) is 0 Å². The third kappa shape index (κ3) is 6.50. The molecule has 0 aliphatic carbocycles. The molecule has 2 aromatic carbocycles. The number of ether oxygens (including phenoxy) is 2. The molecule has 0 bridgehead atoms. The number of benzene rings is 2. The van der Waals surface area contributed by atoms with Crippen molar-refractivity contribution < 1.29 is 19.2 Å². The van der Waals surface area contributed by atoms with Gasteiger partial charge in [0.1, 0.15) is 0 Å². The Bertz CT molecular complexity index is 734. The number of amides is 2. The first-order valence-electron chi connectivity index (χ1n) is 8.15. The molecule has 8 nitrogen and oxygen atoms in total. The Morgan fingerprint density at radius 3 is 2.42 bits per heavy atom. The smallest absolute Gasteiger partial charge is 0.323 e. The van der Waals surface area contributed by atoms with Gasteiger partial charge in [-0.25, -0.2) is 4.79 Å². The van der Waals surface area contributed by atoms with Gasteiger partial charge in [-0.1, -0.05) is 12.1 Å². The molecular formula is C18H21N3O5. The maximum absolute atomic E-state index is 12.0. The minimum absolute atomic E-state index is 0.0343. The van der Waals surface area contributed by atoms with Crippen LogP contribution in [-0.2, 0) is 16.1 Å². The van der Waals surface area contributed by atoms with Crippen molar-refractivity contribution >= 4 is 23.1 Å². The molecule has 0 saturated carbocycles. The zero-order valence-corrected chi connectivity index (χ0v) is 14.4. The summed E-state index contributed by atoms with van der Waals surface area (Å²) >= 11 is 0. The Balaban J connectivity index is 1.84. The number of anilines is 2. The molecule has 0 unspecified atom stereocenters. The van der Waals surface area contributed by atoms with Crippen molar-refractivity contribution in [2.45, 2.75) is 13.5 Å². The zero-order chi connectivity index (χ0) is 18.8. The van der Waals surface area contributed by atoms with E-state index in [1.54, 1.807) is 6.07 Å². The van der Waals surface area contributed by atoms with Gasteiger partial charge in [0.25, 0.3) is 5.69 Å².